The van der Waals surface area contributed by atoms with Gasteiger partial charge in [0.1, 0.15) is 6.42 Å². The number of amides is 2. The molecule has 1 fully saturated rings. The Bertz CT molecular complexity index is 789. The van der Waals surface area contributed by atoms with Crippen molar-refractivity contribution in [3.8, 4) is 0 Å². The first-order valence-corrected chi connectivity index (χ1v) is 9.47. The standard InChI is InChI=1S/C21H24ClN3O2/c1-23(16-17-6-3-2-4-7-17)20(26)15-21(27)25-12-10-24(11-13-25)19-9-5-8-18(22)14-19/h2-9,14H,10-13,15-16H2,1H3. The van der Waals surface area contributed by atoms with Crippen LogP contribution in [-0.2, 0) is 16.1 Å². The summed E-state index contributed by atoms with van der Waals surface area (Å²) in [4.78, 5) is 30.5. The smallest absolute Gasteiger partial charge is 0.232 e. The fourth-order valence-corrected chi connectivity index (χ4v) is 3.39. The van der Waals surface area contributed by atoms with Gasteiger partial charge >= 0.3 is 0 Å². The quantitative estimate of drug-likeness (QED) is 0.743. The van der Waals surface area contributed by atoms with Crippen LogP contribution in [0.3, 0.4) is 0 Å². The molecule has 2 aromatic carbocycles. The van der Waals surface area contributed by atoms with Crippen LogP contribution in [0.1, 0.15) is 12.0 Å². The third-order valence-corrected chi connectivity index (χ3v) is 5.03. The van der Waals surface area contributed by atoms with Crippen LogP contribution in [-0.4, -0.2) is 54.8 Å². The topological polar surface area (TPSA) is 43.9 Å². The molecule has 1 aliphatic rings. The summed E-state index contributed by atoms with van der Waals surface area (Å²) in [5.41, 5.74) is 2.12. The normalized spacial score (nSPS) is 14.1. The minimum Gasteiger partial charge on any atom is -0.368 e. The molecule has 1 saturated heterocycles. The Kier molecular flexibility index (Phi) is 6.35. The molecule has 2 aromatic rings. The van der Waals surface area contributed by atoms with Gasteiger partial charge in [0, 0.05) is 50.5 Å². The monoisotopic (exact) mass is 385 g/mol. The molecule has 0 aromatic heterocycles. The SMILES string of the molecule is CN(Cc1ccccc1)C(=O)CC(=O)N1CCN(c2cccc(Cl)c2)CC1. The summed E-state index contributed by atoms with van der Waals surface area (Å²) in [6.45, 7) is 3.21. The maximum absolute atomic E-state index is 12.5. The van der Waals surface area contributed by atoms with E-state index in [4.69, 9.17) is 11.6 Å². The number of anilines is 1. The van der Waals surface area contributed by atoms with Crippen molar-refractivity contribution in [1.82, 2.24) is 9.80 Å². The average Bonchev–Trinajstić information content (AvgIpc) is 2.69. The summed E-state index contributed by atoms with van der Waals surface area (Å²) < 4.78 is 0. The summed E-state index contributed by atoms with van der Waals surface area (Å²) in [7, 11) is 1.74. The van der Waals surface area contributed by atoms with E-state index in [1.54, 1.807) is 16.8 Å². The highest BCUT2D eigenvalue weighted by atomic mass is 35.5. The van der Waals surface area contributed by atoms with Gasteiger partial charge in [0.05, 0.1) is 0 Å². The van der Waals surface area contributed by atoms with Gasteiger partial charge in [0.15, 0.2) is 0 Å². The van der Waals surface area contributed by atoms with Crippen molar-refractivity contribution in [2.24, 2.45) is 0 Å². The van der Waals surface area contributed by atoms with Gasteiger partial charge in [-0.2, -0.15) is 0 Å². The van der Waals surface area contributed by atoms with Gasteiger partial charge in [-0.1, -0.05) is 48.0 Å². The lowest BCUT2D eigenvalue weighted by Gasteiger charge is -2.36. The van der Waals surface area contributed by atoms with E-state index < -0.39 is 0 Å². The number of hydrogen-bond acceptors (Lipinski definition) is 3. The molecule has 27 heavy (non-hydrogen) atoms. The second kappa shape index (κ2) is 8.91. The Labute approximate surface area is 165 Å². The lowest BCUT2D eigenvalue weighted by atomic mass is 10.2. The first-order chi connectivity index (χ1) is 13.0. The Morgan fingerprint density at radius 1 is 1.00 bits per heavy atom. The highest BCUT2D eigenvalue weighted by molar-refractivity contribution is 6.30. The summed E-state index contributed by atoms with van der Waals surface area (Å²) >= 11 is 6.05. The Hall–Kier alpha value is -2.53. The molecule has 1 aliphatic heterocycles. The van der Waals surface area contributed by atoms with Gasteiger partial charge in [-0.05, 0) is 23.8 Å². The van der Waals surface area contributed by atoms with Gasteiger partial charge in [0.2, 0.25) is 11.8 Å². The van der Waals surface area contributed by atoms with Crippen LogP contribution in [0.15, 0.2) is 54.6 Å². The molecule has 0 N–H and O–H groups in total. The molecule has 0 atom stereocenters. The lowest BCUT2D eigenvalue weighted by molar-refractivity contribution is -0.140. The summed E-state index contributed by atoms with van der Waals surface area (Å²) in [5, 5.41) is 0.707. The molecule has 2 amide bonds. The number of carbonyl (C=O) groups is 2. The van der Waals surface area contributed by atoms with E-state index in [0.717, 1.165) is 24.3 Å². The Morgan fingerprint density at radius 2 is 1.70 bits per heavy atom. The minimum atomic E-state index is -0.152. The molecule has 0 saturated carbocycles. The third kappa shape index (κ3) is 5.23. The predicted octanol–water partition coefficient (Wildman–Crippen LogP) is 3.04. The Morgan fingerprint density at radius 3 is 2.37 bits per heavy atom. The van der Waals surface area contributed by atoms with E-state index in [2.05, 4.69) is 4.90 Å². The molecule has 5 nitrogen and oxygen atoms in total. The molecular weight excluding hydrogens is 362 g/mol. The zero-order chi connectivity index (χ0) is 19.2. The van der Waals surface area contributed by atoms with Crippen molar-refractivity contribution < 1.29 is 9.59 Å². The van der Waals surface area contributed by atoms with Crippen molar-refractivity contribution in [1.29, 1.82) is 0 Å². The molecule has 6 heteroatoms. The van der Waals surface area contributed by atoms with E-state index in [-0.39, 0.29) is 18.2 Å². The first-order valence-electron chi connectivity index (χ1n) is 9.09. The predicted molar refractivity (Wildman–Crippen MR) is 108 cm³/mol. The van der Waals surface area contributed by atoms with E-state index >= 15 is 0 Å². The maximum Gasteiger partial charge on any atom is 0.232 e. The van der Waals surface area contributed by atoms with E-state index in [0.29, 0.717) is 24.7 Å². The molecule has 3 rings (SSSR count). The highest BCUT2D eigenvalue weighted by Crippen LogP contribution is 2.21. The van der Waals surface area contributed by atoms with Crippen LogP contribution in [0.2, 0.25) is 5.02 Å². The van der Waals surface area contributed by atoms with Crippen molar-refractivity contribution >= 4 is 29.1 Å². The second-order valence-corrected chi connectivity index (χ2v) is 7.20. The minimum absolute atomic E-state index is 0.0828. The highest BCUT2D eigenvalue weighted by Gasteiger charge is 2.24. The van der Waals surface area contributed by atoms with E-state index in [1.807, 2.05) is 54.6 Å². The molecule has 1 heterocycles. The van der Waals surface area contributed by atoms with E-state index in [1.165, 1.54) is 0 Å². The third-order valence-electron chi connectivity index (χ3n) is 4.80. The number of nitrogens with zero attached hydrogens (tertiary/aromatic N) is 3. The van der Waals surface area contributed by atoms with Crippen LogP contribution >= 0.6 is 11.6 Å². The summed E-state index contributed by atoms with van der Waals surface area (Å²) in [5.74, 6) is -0.258. The lowest BCUT2D eigenvalue weighted by Crippen LogP contribution is -2.49. The summed E-state index contributed by atoms with van der Waals surface area (Å²) in [6.07, 6.45) is -0.0828. The molecule has 0 spiro atoms. The molecule has 0 aliphatic carbocycles. The molecule has 0 bridgehead atoms. The maximum atomic E-state index is 12.5. The summed E-state index contributed by atoms with van der Waals surface area (Å²) in [6, 6.07) is 17.5. The van der Waals surface area contributed by atoms with Gasteiger partial charge < -0.3 is 14.7 Å². The molecule has 142 valence electrons. The van der Waals surface area contributed by atoms with Crippen LogP contribution < -0.4 is 4.90 Å². The fourth-order valence-electron chi connectivity index (χ4n) is 3.21. The number of piperazine rings is 1. The van der Waals surface area contributed by atoms with Crippen LogP contribution in [0.4, 0.5) is 5.69 Å². The van der Waals surface area contributed by atoms with Crippen molar-refractivity contribution in [2.75, 3.05) is 38.1 Å². The van der Waals surface area contributed by atoms with Gasteiger partial charge in [-0.15, -0.1) is 0 Å². The number of benzene rings is 2. The van der Waals surface area contributed by atoms with Gasteiger partial charge in [-0.25, -0.2) is 0 Å². The fraction of sp³-hybridized carbons (Fsp3) is 0.333. The number of carbonyl (C=O) groups excluding carboxylic acids is 2. The van der Waals surface area contributed by atoms with Crippen molar-refractivity contribution in [2.45, 2.75) is 13.0 Å². The molecule has 0 radical (unpaired) electrons. The van der Waals surface area contributed by atoms with Crippen molar-refractivity contribution in [3.63, 3.8) is 0 Å². The van der Waals surface area contributed by atoms with Crippen molar-refractivity contribution in [3.05, 3.63) is 65.2 Å². The Balaban J connectivity index is 1.48. The van der Waals surface area contributed by atoms with Gasteiger partial charge in [0.25, 0.3) is 0 Å². The van der Waals surface area contributed by atoms with E-state index in [9.17, 15) is 9.59 Å². The zero-order valence-corrected chi connectivity index (χ0v) is 16.2. The van der Waals surface area contributed by atoms with Crippen LogP contribution in [0.5, 0.6) is 0 Å². The van der Waals surface area contributed by atoms with Crippen LogP contribution in [0, 0.1) is 0 Å². The van der Waals surface area contributed by atoms with Gasteiger partial charge in [-0.3, -0.25) is 9.59 Å². The number of rotatable bonds is 5. The number of halogens is 1. The zero-order valence-electron chi connectivity index (χ0n) is 15.5. The second-order valence-electron chi connectivity index (χ2n) is 6.76. The molecule has 0 unspecified atom stereocenters. The largest absolute Gasteiger partial charge is 0.368 e. The molecular formula is C21H24ClN3O2. The van der Waals surface area contributed by atoms with Crippen LogP contribution in [0.25, 0.3) is 0 Å². The first kappa shape index (κ1) is 19.2. The number of hydrogen-bond donors (Lipinski definition) is 0. The average molecular weight is 386 g/mol.